The van der Waals surface area contributed by atoms with Gasteiger partial charge in [0.2, 0.25) is 0 Å². The molecule has 0 fully saturated rings. The van der Waals surface area contributed by atoms with E-state index in [0.717, 1.165) is 28.1 Å². The van der Waals surface area contributed by atoms with Gasteiger partial charge in [-0.25, -0.2) is 4.98 Å². The van der Waals surface area contributed by atoms with Crippen LogP contribution in [-0.2, 0) is 7.05 Å². The first kappa shape index (κ1) is 12.4. The van der Waals surface area contributed by atoms with Crippen LogP contribution in [0.4, 0.5) is 5.69 Å². The van der Waals surface area contributed by atoms with Gasteiger partial charge in [-0.3, -0.25) is 9.48 Å². The molecule has 1 amide bonds. The first-order valence-corrected chi connectivity index (χ1v) is 6.31. The molecule has 20 heavy (non-hydrogen) atoms. The molecule has 0 saturated heterocycles. The molecule has 2 aromatic heterocycles. The van der Waals surface area contributed by atoms with E-state index in [0.29, 0.717) is 5.56 Å². The minimum atomic E-state index is -0.146. The van der Waals surface area contributed by atoms with Crippen molar-refractivity contribution >= 4 is 22.6 Å². The third-order valence-corrected chi connectivity index (χ3v) is 3.41. The summed E-state index contributed by atoms with van der Waals surface area (Å²) in [5.74, 6) is -0.146. The van der Waals surface area contributed by atoms with Crippen LogP contribution in [0.5, 0.6) is 0 Å². The third-order valence-electron chi connectivity index (χ3n) is 3.41. The second-order valence-electron chi connectivity index (χ2n) is 4.76. The molecule has 102 valence electrons. The summed E-state index contributed by atoms with van der Waals surface area (Å²) in [5, 5.41) is 7.15. The molecule has 6 heteroatoms. The molecule has 0 unspecified atom stereocenters. The van der Waals surface area contributed by atoms with Crippen LogP contribution in [0.3, 0.4) is 0 Å². The number of nitrogens with zero attached hydrogens (tertiary/aromatic N) is 3. The van der Waals surface area contributed by atoms with Gasteiger partial charge in [-0.15, -0.1) is 0 Å². The van der Waals surface area contributed by atoms with Crippen molar-refractivity contribution in [3.05, 3.63) is 41.5 Å². The zero-order chi connectivity index (χ0) is 14.3. The maximum Gasteiger partial charge on any atom is 0.259 e. The molecule has 0 aliphatic rings. The van der Waals surface area contributed by atoms with Crippen LogP contribution >= 0.6 is 0 Å². The maximum atomic E-state index is 12.4. The molecule has 2 heterocycles. The first-order chi connectivity index (χ1) is 9.56. The predicted octanol–water partition coefficient (Wildman–Crippen LogP) is 2.17. The van der Waals surface area contributed by atoms with Gasteiger partial charge in [0.25, 0.3) is 5.91 Å². The highest BCUT2D eigenvalue weighted by atomic mass is 16.1. The van der Waals surface area contributed by atoms with E-state index in [9.17, 15) is 4.79 Å². The summed E-state index contributed by atoms with van der Waals surface area (Å²) in [6.07, 6.45) is 1.63. The molecule has 6 nitrogen and oxygen atoms in total. The molecule has 0 saturated carbocycles. The summed E-state index contributed by atoms with van der Waals surface area (Å²) in [4.78, 5) is 19.5. The van der Waals surface area contributed by atoms with Gasteiger partial charge in [-0.1, -0.05) is 0 Å². The summed E-state index contributed by atoms with van der Waals surface area (Å²) < 4.78 is 1.71. The number of imidazole rings is 1. The molecule has 3 aromatic rings. The Morgan fingerprint density at radius 1 is 1.35 bits per heavy atom. The fourth-order valence-corrected chi connectivity index (χ4v) is 2.31. The second kappa shape index (κ2) is 4.48. The third kappa shape index (κ3) is 1.95. The van der Waals surface area contributed by atoms with E-state index < -0.39 is 0 Å². The van der Waals surface area contributed by atoms with Crippen molar-refractivity contribution in [2.24, 2.45) is 7.05 Å². The molecular weight excluding hydrogens is 254 g/mol. The monoisotopic (exact) mass is 269 g/mol. The van der Waals surface area contributed by atoms with E-state index >= 15 is 0 Å². The summed E-state index contributed by atoms with van der Waals surface area (Å²) in [7, 11) is 1.83. The SMILES string of the molecule is Cc1nn(C)c(C)c1C(=O)Nc1ccc2nc[nH]c2c1. The summed E-state index contributed by atoms with van der Waals surface area (Å²) in [6, 6.07) is 5.56. The summed E-state index contributed by atoms with van der Waals surface area (Å²) in [6.45, 7) is 3.72. The quantitative estimate of drug-likeness (QED) is 0.748. The lowest BCUT2D eigenvalue weighted by Gasteiger charge is -2.05. The van der Waals surface area contributed by atoms with Crippen molar-refractivity contribution in [1.82, 2.24) is 19.7 Å². The highest BCUT2D eigenvalue weighted by molar-refractivity contribution is 6.06. The minimum absolute atomic E-state index is 0.146. The Labute approximate surface area is 115 Å². The van der Waals surface area contributed by atoms with E-state index in [2.05, 4.69) is 20.4 Å². The van der Waals surface area contributed by atoms with E-state index in [1.54, 1.807) is 11.0 Å². The van der Waals surface area contributed by atoms with Gasteiger partial charge in [0.1, 0.15) is 0 Å². The van der Waals surface area contributed by atoms with Crippen LogP contribution in [0.2, 0.25) is 0 Å². The highest BCUT2D eigenvalue weighted by Gasteiger charge is 2.17. The van der Waals surface area contributed by atoms with Gasteiger partial charge in [0.05, 0.1) is 28.6 Å². The Bertz CT molecular complexity index is 799. The molecule has 0 aliphatic carbocycles. The topological polar surface area (TPSA) is 75.6 Å². The molecule has 3 rings (SSSR count). The Balaban J connectivity index is 1.91. The number of anilines is 1. The standard InChI is InChI=1S/C14H15N5O/c1-8-13(9(2)19(3)18-8)14(20)17-10-4-5-11-12(6-10)16-7-15-11/h4-7H,1-3H3,(H,15,16)(H,17,20). The number of carbonyl (C=O) groups excluding carboxylic acids is 1. The number of hydrogen-bond acceptors (Lipinski definition) is 3. The minimum Gasteiger partial charge on any atom is -0.345 e. The van der Waals surface area contributed by atoms with Gasteiger partial charge < -0.3 is 10.3 Å². The average molecular weight is 269 g/mol. The van der Waals surface area contributed by atoms with Crippen LogP contribution < -0.4 is 5.32 Å². The van der Waals surface area contributed by atoms with Crippen molar-refractivity contribution in [3.63, 3.8) is 0 Å². The number of aryl methyl sites for hydroxylation is 2. The molecule has 1 aromatic carbocycles. The number of carbonyl (C=O) groups is 1. The Hall–Kier alpha value is -2.63. The lowest BCUT2D eigenvalue weighted by Crippen LogP contribution is -2.14. The molecule has 2 N–H and O–H groups in total. The number of aromatic nitrogens is 4. The second-order valence-corrected chi connectivity index (χ2v) is 4.76. The Morgan fingerprint density at radius 2 is 2.15 bits per heavy atom. The largest absolute Gasteiger partial charge is 0.345 e. The number of fused-ring (bicyclic) bond motifs is 1. The fraction of sp³-hybridized carbons (Fsp3) is 0.214. The molecule has 0 spiro atoms. The number of H-pyrrole nitrogens is 1. The van der Waals surface area contributed by atoms with Crippen LogP contribution in [0.15, 0.2) is 24.5 Å². The van der Waals surface area contributed by atoms with E-state index in [4.69, 9.17) is 0 Å². The normalized spacial score (nSPS) is 10.9. The van der Waals surface area contributed by atoms with Gasteiger partial charge in [-0.05, 0) is 32.0 Å². The lowest BCUT2D eigenvalue weighted by atomic mass is 10.1. The number of aromatic amines is 1. The predicted molar refractivity (Wildman–Crippen MR) is 76.7 cm³/mol. The van der Waals surface area contributed by atoms with Crippen LogP contribution in [0, 0.1) is 13.8 Å². The highest BCUT2D eigenvalue weighted by Crippen LogP contribution is 2.18. The van der Waals surface area contributed by atoms with Crippen molar-refractivity contribution < 1.29 is 4.79 Å². The number of rotatable bonds is 2. The fourth-order valence-electron chi connectivity index (χ4n) is 2.31. The van der Waals surface area contributed by atoms with Crippen molar-refractivity contribution in [2.45, 2.75) is 13.8 Å². The van der Waals surface area contributed by atoms with Crippen LogP contribution in [0.25, 0.3) is 11.0 Å². The number of hydrogen-bond donors (Lipinski definition) is 2. The Kier molecular flexibility index (Phi) is 2.78. The van der Waals surface area contributed by atoms with Gasteiger partial charge in [0.15, 0.2) is 0 Å². The molecule has 0 atom stereocenters. The first-order valence-electron chi connectivity index (χ1n) is 6.31. The van der Waals surface area contributed by atoms with Gasteiger partial charge in [0, 0.05) is 18.4 Å². The van der Waals surface area contributed by atoms with Gasteiger partial charge >= 0.3 is 0 Å². The van der Waals surface area contributed by atoms with Crippen LogP contribution in [0.1, 0.15) is 21.7 Å². The van der Waals surface area contributed by atoms with E-state index in [1.807, 2.05) is 39.1 Å². The van der Waals surface area contributed by atoms with Crippen molar-refractivity contribution in [2.75, 3.05) is 5.32 Å². The summed E-state index contributed by atoms with van der Waals surface area (Å²) in [5.41, 5.74) is 4.69. The number of nitrogens with one attached hydrogen (secondary N) is 2. The molecule has 0 bridgehead atoms. The maximum absolute atomic E-state index is 12.4. The average Bonchev–Trinajstić information content (AvgIpc) is 2.94. The molecular formula is C14H15N5O. The zero-order valence-electron chi connectivity index (χ0n) is 11.6. The molecule has 0 aliphatic heterocycles. The van der Waals surface area contributed by atoms with Crippen LogP contribution in [-0.4, -0.2) is 25.7 Å². The van der Waals surface area contributed by atoms with Crippen molar-refractivity contribution in [3.8, 4) is 0 Å². The van der Waals surface area contributed by atoms with E-state index in [1.165, 1.54) is 0 Å². The zero-order valence-corrected chi connectivity index (χ0v) is 11.6. The summed E-state index contributed by atoms with van der Waals surface area (Å²) >= 11 is 0. The number of benzene rings is 1. The Morgan fingerprint density at radius 3 is 2.85 bits per heavy atom. The van der Waals surface area contributed by atoms with Gasteiger partial charge in [-0.2, -0.15) is 5.10 Å². The van der Waals surface area contributed by atoms with Crippen molar-refractivity contribution in [1.29, 1.82) is 0 Å². The smallest absolute Gasteiger partial charge is 0.259 e. The lowest BCUT2D eigenvalue weighted by molar-refractivity contribution is 0.102. The van der Waals surface area contributed by atoms with E-state index in [-0.39, 0.29) is 5.91 Å². The molecule has 0 radical (unpaired) electrons. The number of amides is 1.